The van der Waals surface area contributed by atoms with E-state index in [4.69, 9.17) is 59.7 Å². The van der Waals surface area contributed by atoms with Crippen LogP contribution >= 0.6 is 34.5 Å². The van der Waals surface area contributed by atoms with Crippen molar-refractivity contribution in [3.63, 3.8) is 0 Å². The van der Waals surface area contributed by atoms with Gasteiger partial charge in [-0.3, -0.25) is 48.9 Å². The zero-order valence-corrected chi connectivity index (χ0v) is 66.3. The summed E-state index contributed by atoms with van der Waals surface area (Å²) in [7, 11) is 0. The summed E-state index contributed by atoms with van der Waals surface area (Å²) in [6.07, 6.45) is 22.1. The van der Waals surface area contributed by atoms with E-state index in [0.717, 1.165) is 23.3 Å². The molecule has 21 nitrogen and oxygen atoms in total. The van der Waals surface area contributed by atoms with Crippen LogP contribution in [0.15, 0.2) is 334 Å². The van der Waals surface area contributed by atoms with E-state index in [2.05, 4.69) is 68.3 Å². The van der Waals surface area contributed by atoms with E-state index in [1.807, 2.05) is 98.8 Å². The van der Waals surface area contributed by atoms with Crippen molar-refractivity contribution in [2.75, 3.05) is 26.6 Å². The van der Waals surface area contributed by atoms with Crippen molar-refractivity contribution in [1.29, 1.82) is 0 Å². The molecule has 0 saturated heterocycles. The van der Waals surface area contributed by atoms with Crippen molar-refractivity contribution in [2.24, 2.45) is 0 Å². The Hall–Kier alpha value is -15.8. The predicted octanol–water partition coefficient (Wildman–Crippen LogP) is 23.6. The monoisotopic (exact) mass is 1690 g/mol. The Labute approximate surface area is 714 Å². The van der Waals surface area contributed by atoms with E-state index >= 15 is 0 Å². The zero-order chi connectivity index (χ0) is 85.3. The molecule has 122 heavy (non-hydrogen) atoms. The quantitative estimate of drug-likeness (QED) is 0.0444. The third kappa shape index (κ3) is 28.5. The average Bonchev–Trinajstić information content (AvgIpc) is 0.843. The van der Waals surface area contributed by atoms with Crippen LogP contribution in [0.5, 0.6) is 57.5 Å². The number of benzene rings is 9. The van der Waals surface area contributed by atoms with Crippen LogP contribution in [0.1, 0.15) is 87.2 Å². The van der Waals surface area contributed by atoms with Crippen LogP contribution in [-0.4, -0.2) is 59.4 Å². The maximum Gasteiger partial charge on any atom is 0.416 e. The molecule has 15 rings (SSSR count). The maximum absolute atomic E-state index is 13.2. The highest BCUT2D eigenvalue weighted by Gasteiger charge is 2.32. The van der Waals surface area contributed by atoms with Gasteiger partial charge in [0.15, 0.2) is 0 Å². The molecule has 5 amide bonds. The first-order chi connectivity index (χ1) is 58.6. The smallest absolute Gasteiger partial charge is 0.416 e. The van der Waals surface area contributed by atoms with Crippen LogP contribution in [-0.2, 0) is 6.18 Å². The van der Waals surface area contributed by atoms with Gasteiger partial charge in [0, 0.05) is 139 Å². The molecule has 0 aliphatic heterocycles. The third-order valence-electron chi connectivity index (χ3n) is 16.1. The van der Waals surface area contributed by atoms with Crippen LogP contribution in [0, 0.1) is 38.5 Å². The number of nitrogens with zero attached hydrogens (tertiary/aromatic N) is 6. The van der Waals surface area contributed by atoms with E-state index < -0.39 is 17.6 Å². The highest BCUT2D eigenvalue weighted by atomic mass is 35.5. The number of aryl methyl sites for hydroxylation is 2. The van der Waals surface area contributed by atoms with Gasteiger partial charge in [-0.25, -0.2) is 4.98 Å². The summed E-state index contributed by atoms with van der Waals surface area (Å²) in [6, 6.07) is 72.9. The number of carbonyl (C=O) groups excluding carboxylic acids is 5. The van der Waals surface area contributed by atoms with Crippen molar-refractivity contribution >= 4 is 92.5 Å². The van der Waals surface area contributed by atoms with Crippen molar-refractivity contribution in [2.45, 2.75) is 27.5 Å². The second-order valence-corrected chi connectivity index (χ2v) is 27.0. The fourth-order valence-electron chi connectivity index (χ4n) is 10.7. The Morgan fingerprint density at radius 1 is 0.352 bits per heavy atom. The lowest BCUT2D eigenvalue weighted by Gasteiger charge is -2.14. The van der Waals surface area contributed by atoms with Crippen LogP contribution in [0.25, 0.3) is 0 Å². The number of terminal acetylenes is 2. The lowest BCUT2D eigenvalue weighted by Crippen LogP contribution is -2.13. The number of aromatic nitrogens is 6. The first-order valence-corrected chi connectivity index (χ1v) is 38.0. The van der Waals surface area contributed by atoms with Gasteiger partial charge in [-0.1, -0.05) is 102 Å². The lowest BCUT2D eigenvalue weighted by molar-refractivity contribution is -0.137. The molecule has 0 atom stereocenters. The van der Waals surface area contributed by atoms with Crippen LogP contribution < -0.4 is 50.3 Å². The molecule has 0 fully saturated rings. The molecule has 608 valence electrons. The molecule has 0 saturated carbocycles. The van der Waals surface area contributed by atoms with Crippen LogP contribution in [0.4, 0.5) is 41.6 Å². The molecule has 6 heterocycles. The second kappa shape index (κ2) is 44.5. The molecule has 0 aliphatic carbocycles. The number of amides is 5. The highest BCUT2D eigenvalue weighted by Crippen LogP contribution is 2.37. The van der Waals surface area contributed by atoms with Gasteiger partial charge in [-0.15, -0.1) is 24.2 Å². The molecule has 0 radical (unpaired) electrons. The van der Waals surface area contributed by atoms with E-state index in [1.54, 1.807) is 206 Å². The van der Waals surface area contributed by atoms with E-state index in [9.17, 15) is 37.1 Å². The molecule has 0 unspecified atom stereocenters. The van der Waals surface area contributed by atoms with Gasteiger partial charge in [0.25, 0.3) is 29.5 Å². The van der Waals surface area contributed by atoms with Crippen molar-refractivity contribution in [1.82, 2.24) is 29.9 Å². The number of hydrogen-bond acceptors (Lipinski definition) is 17. The molecule has 5 N–H and O–H groups in total. The molecular formula is C95H72Cl2F3N11O10S. The summed E-state index contributed by atoms with van der Waals surface area (Å²) in [5.74, 6) is 8.34. The minimum absolute atomic E-state index is 0. The van der Waals surface area contributed by atoms with Crippen LogP contribution in [0.2, 0.25) is 10.0 Å². The number of alkyl halides is 3. The van der Waals surface area contributed by atoms with Gasteiger partial charge >= 0.3 is 6.18 Å². The molecule has 0 spiro atoms. The predicted molar refractivity (Wildman–Crippen MR) is 469 cm³/mol. The Morgan fingerprint density at radius 3 is 1.00 bits per heavy atom. The standard InChI is InChI=1S/C21H13F3N2O2.C20H13ClN2O2.2C19H16N2O2.C15H10ClN3O2S.CH4/c1-2-14-5-3-6-15(9-14)20(27)26-17-10-16(21(22,23)24)11-19(12-17)28-18-7-4-8-25-13-18;1-2-14-5-3-6-15(9-14)20(24)23-17-10-16(21)11-19(12-17)25-18-7-4-8-22-13-18;2*1-14-5-2-6-15(11-14)19(22)21-16-7-3-8-17(12-16)23-18-9-4-10-20-13-18;16-10-4-11(19-15(20)14-8-22-9-18-14)6-13(5-10)21-12-2-1-3-17-7-12;/h1,3-13H,(H,26,27);1,3-13H,(H,23,24);2*2-13H,1H3,(H,21,22);1-9H,(H,19,20);1H4. The van der Waals surface area contributed by atoms with E-state index in [-0.39, 0.29) is 53.8 Å². The minimum atomic E-state index is -4.61. The number of nitrogens with one attached hydrogen (secondary N) is 5. The highest BCUT2D eigenvalue weighted by molar-refractivity contribution is 7.07. The number of anilines is 5. The number of carbonyl (C=O) groups is 5. The molecule has 15 aromatic rings. The SMILES string of the molecule is C.C#Cc1cccc(C(=O)Nc2cc(Cl)cc(Oc3cccnc3)c2)c1.C#Cc1cccc(C(=O)Nc2cc(Oc3cccnc3)cc(C(F)(F)F)c2)c1.Cc1cccc(C(=O)Nc2cccc(Oc3cccnc3)c2)c1.Cc1cccc(C(=O)Nc2cccc(Oc3cccnc3)c2)c1.O=C(Nc1cc(Cl)cc(Oc2cccnc2)c1)c1cscn1. The Morgan fingerprint density at radius 2 is 0.664 bits per heavy atom. The summed E-state index contributed by atoms with van der Waals surface area (Å²) in [5.41, 5.74) is 8.51. The topological polar surface area (TPSA) is 269 Å². The zero-order valence-electron chi connectivity index (χ0n) is 64.0. The number of thiazole rings is 1. The Kier molecular flexibility index (Phi) is 32.3. The molecule has 27 heteroatoms. The number of hydrogen-bond donors (Lipinski definition) is 5. The number of rotatable bonds is 20. The summed E-state index contributed by atoms with van der Waals surface area (Å²) >= 11 is 13.5. The van der Waals surface area contributed by atoms with Gasteiger partial charge in [-0.05, 0) is 196 Å². The largest absolute Gasteiger partial charge is 0.456 e. The Bertz CT molecular complexity index is 6000. The summed E-state index contributed by atoms with van der Waals surface area (Å²) in [6.45, 7) is 3.91. The number of ether oxygens (including phenoxy) is 5. The van der Waals surface area contributed by atoms with Gasteiger partial charge in [0.2, 0.25) is 0 Å². The molecule has 0 aliphatic rings. The fraction of sp³-hybridized carbons (Fsp3) is 0.0421. The first-order valence-electron chi connectivity index (χ1n) is 36.3. The molecule has 9 aromatic carbocycles. The van der Waals surface area contributed by atoms with Gasteiger partial charge in [0.1, 0.15) is 63.2 Å². The maximum atomic E-state index is 13.2. The van der Waals surface area contributed by atoms with E-state index in [1.165, 1.54) is 41.9 Å². The summed E-state index contributed by atoms with van der Waals surface area (Å²) in [5, 5.41) is 16.3. The fourth-order valence-corrected chi connectivity index (χ4v) is 11.7. The van der Waals surface area contributed by atoms with Gasteiger partial charge < -0.3 is 50.3 Å². The lowest BCUT2D eigenvalue weighted by atomic mass is 10.1. The Balaban J connectivity index is 0.000000160. The molecule has 6 aromatic heterocycles. The average molecular weight is 1690 g/mol. The summed E-state index contributed by atoms with van der Waals surface area (Å²) < 4.78 is 67.9. The number of pyridine rings is 5. The number of halogens is 5. The second-order valence-electron chi connectivity index (χ2n) is 25.4. The van der Waals surface area contributed by atoms with Crippen molar-refractivity contribution in [3.8, 4) is 82.2 Å². The third-order valence-corrected chi connectivity index (χ3v) is 17.1. The minimum Gasteiger partial charge on any atom is -0.456 e. The summed E-state index contributed by atoms with van der Waals surface area (Å²) in [4.78, 5) is 85.1. The molecular weight excluding hydrogens is 1620 g/mol. The van der Waals surface area contributed by atoms with Gasteiger partial charge in [-0.2, -0.15) is 13.2 Å². The van der Waals surface area contributed by atoms with Gasteiger partial charge in [0.05, 0.1) is 42.1 Å². The first kappa shape index (κ1) is 88.6. The van der Waals surface area contributed by atoms with Crippen LogP contribution in [0.3, 0.4) is 0 Å². The normalized spacial score (nSPS) is 10.2. The van der Waals surface area contributed by atoms with Crippen molar-refractivity contribution < 1.29 is 60.8 Å². The van der Waals surface area contributed by atoms with Crippen molar-refractivity contribution in [3.05, 3.63) is 400 Å². The molecule has 0 bridgehead atoms. The van der Waals surface area contributed by atoms with E-state index in [0.29, 0.717) is 112 Å².